The van der Waals surface area contributed by atoms with Crippen molar-refractivity contribution in [2.45, 2.75) is 6.42 Å². The molecule has 0 atom stereocenters. The minimum absolute atomic E-state index is 0.324. The van der Waals surface area contributed by atoms with Crippen molar-refractivity contribution in [3.05, 3.63) is 58.6 Å². The SMILES string of the molecule is N#CCc1ccc(Oc2cccc(Cl)c2C=O)cc1. The maximum Gasteiger partial charge on any atom is 0.155 e. The van der Waals surface area contributed by atoms with E-state index in [0.29, 0.717) is 34.8 Å². The molecule has 0 radical (unpaired) electrons. The van der Waals surface area contributed by atoms with Crippen LogP contribution in [0.4, 0.5) is 0 Å². The maximum absolute atomic E-state index is 11.0. The fraction of sp³-hybridized carbons (Fsp3) is 0.0667. The summed E-state index contributed by atoms with van der Waals surface area (Å²) in [5.41, 5.74) is 1.24. The van der Waals surface area contributed by atoms with Crippen molar-refractivity contribution in [3.63, 3.8) is 0 Å². The summed E-state index contributed by atoms with van der Waals surface area (Å²) in [6.45, 7) is 0. The van der Waals surface area contributed by atoms with Crippen LogP contribution in [0.15, 0.2) is 42.5 Å². The van der Waals surface area contributed by atoms with Gasteiger partial charge >= 0.3 is 0 Å². The zero-order valence-corrected chi connectivity index (χ0v) is 10.7. The highest BCUT2D eigenvalue weighted by Crippen LogP contribution is 2.29. The summed E-state index contributed by atoms with van der Waals surface area (Å²) in [6, 6.07) is 14.2. The molecule has 94 valence electrons. The van der Waals surface area contributed by atoms with Crippen molar-refractivity contribution in [1.29, 1.82) is 5.26 Å². The Bertz CT molecular complexity index is 630. The summed E-state index contributed by atoms with van der Waals surface area (Å²) in [4.78, 5) is 11.0. The number of benzene rings is 2. The lowest BCUT2D eigenvalue weighted by atomic mass is 10.1. The number of carbonyl (C=O) groups excluding carboxylic acids is 1. The number of carbonyl (C=O) groups is 1. The third-order valence-corrected chi connectivity index (χ3v) is 2.89. The lowest BCUT2D eigenvalue weighted by Crippen LogP contribution is -1.91. The number of rotatable bonds is 4. The predicted octanol–water partition coefficient (Wildman–Crippen LogP) is 4.01. The van der Waals surface area contributed by atoms with E-state index in [4.69, 9.17) is 21.6 Å². The molecule has 2 rings (SSSR count). The van der Waals surface area contributed by atoms with Crippen LogP contribution in [0.2, 0.25) is 5.02 Å². The van der Waals surface area contributed by atoms with Crippen LogP contribution in [0, 0.1) is 11.3 Å². The summed E-state index contributed by atoms with van der Waals surface area (Å²) in [5, 5.41) is 8.94. The molecule has 0 fully saturated rings. The van der Waals surface area contributed by atoms with E-state index in [-0.39, 0.29) is 0 Å². The molecule has 0 aliphatic rings. The number of ether oxygens (including phenoxy) is 1. The Labute approximate surface area is 116 Å². The molecule has 2 aromatic rings. The highest BCUT2D eigenvalue weighted by Gasteiger charge is 2.08. The molecule has 0 spiro atoms. The number of aldehydes is 1. The lowest BCUT2D eigenvalue weighted by molar-refractivity contribution is 0.112. The highest BCUT2D eigenvalue weighted by molar-refractivity contribution is 6.33. The Morgan fingerprint density at radius 2 is 1.95 bits per heavy atom. The molecule has 0 aliphatic carbocycles. The third-order valence-electron chi connectivity index (χ3n) is 2.57. The number of hydrogen-bond acceptors (Lipinski definition) is 3. The van der Waals surface area contributed by atoms with E-state index in [1.807, 2.05) is 12.1 Å². The number of halogens is 1. The van der Waals surface area contributed by atoms with Gasteiger partial charge in [-0.05, 0) is 29.8 Å². The van der Waals surface area contributed by atoms with Gasteiger partial charge in [-0.15, -0.1) is 0 Å². The van der Waals surface area contributed by atoms with Crippen LogP contribution >= 0.6 is 11.6 Å². The monoisotopic (exact) mass is 271 g/mol. The van der Waals surface area contributed by atoms with Gasteiger partial charge in [0.25, 0.3) is 0 Å². The van der Waals surface area contributed by atoms with Gasteiger partial charge in [0, 0.05) is 0 Å². The van der Waals surface area contributed by atoms with Crippen molar-refractivity contribution < 1.29 is 9.53 Å². The van der Waals surface area contributed by atoms with Gasteiger partial charge in [0.1, 0.15) is 11.5 Å². The van der Waals surface area contributed by atoms with Crippen molar-refractivity contribution in [3.8, 4) is 17.6 Å². The van der Waals surface area contributed by atoms with E-state index in [1.165, 1.54) is 0 Å². The van der Waals surface area contributed by atoms with Crippen LogP contribution in [0.5, 0.6) is 11.5 Å². The van der Waals surface area contributed by atoms with Gasteiger partial charge in [0.2, 0.25) is 0 Å². The first kappa shape index (κ1) is 13.1. The molecule has 0 heterocycles. The van der Waals surface area contributed by atoms with Gasteiger partial charge in [-0.1, -0.05) is 29.8 Å². The minimum atomic E-state index is 0.324. The first-order valence-electron chi connectivity index (χ1n) is 5.62. The largest absolute Gasteiger partial charge is 0.457 e. The molecule has 0 N–H and O–H groups in total. The fourth-order valence-electron chi connectivity index (χ4n) is 1.61. The van der Waals surface area contributed by atoms with Crippen LogP contribution in [0.25, 0.3) is 0 Å². The van der Waals surface area contributed by atoms with Gasteiger partial charge in [0.05, 0.1) is 23.1 Å². The minimum Gasteiger partial charge on any atom is -0.457 e. The smallest absolute Gasteiger partial charge is 0.155 e. The molecule has 0 unspecified atom stereocenters. The summed E-state index contributed by atoms with van der Waals surface area (Å²) in [7, 11) is 0. The molecular formula is C15H10ClNO2. The van der Waals surface area contributed by atoms with Gasteiger partial charge < -0.3 is 4.74 Å². The third kappa shape index (κ3) is 3.12. The molecule has 0 saturated carbocycles. The zero-order valence-electron chi connectivity index (χ0n) is 9.97. The molecule has 3 nitrogen and oxygen atoms in total. The zero-order chi connectivity index (χ0) is 13.7. The first-order chi connectivity index (χ1) is 9.24. The fourth-order valence-corrected chi connectivity index (χ4v) is 1.82. The van der Waals surface area contributed by atoms with E-state index < -0.39 is 0 Å². The maximum atomic E-state index is 11.0. The van der Waals surface area contributed by atoms with Crippen LogP contribution < -0.4 is 4.74 Å². The second kappa shape index (κ2) is 6.03. The highest BCUT2D eigenvalue weighted by atomic mass is 35.5. The number of nitriles is 1. The van der Waals surface area contributed by atoms with Gasteiger partial charge in [-0.2, -0.15) is 5.26 Å². The normalized spacial score (nSPS) is 9.68. The van der Waals surface area contributed by atoms with Crippen molar-refractivity contribution in [2.24, 2.45) is 0 Å². The van der Waals surface area contributed by atoms with E-state index in [9.17, 15) is 4.79 Å². The molecule has 4 heteroatoms. The molecule has 0 amide bonds. The lowest BCUT2D eigenvalue weighted by Gasteiger charge is -2.09. The van der Waals surface area contributed by atoms with E-state index >= 15 is 0 Å². The van der Waals surface area contributed by atoms with Crippen LogP contribution in [-0.2, 0) is 6.42 Å². The molecule has 0 aliphatic heterocycles. The second-order valence-electron chi connectivity index (χ2n) is 3.85. The van der Waals surface area contributed by atoms with E-state index in [2.05, 4.69) is 6.07 Å². The van der Waals surface area contributed by atoms with Gasteiger partial charge in [-0.3, -0.25) is 4.79 Å². The average Bonchev–Trinajstić information content (AvgIpc) is 2.42. The molecule has 19 heavy (non-hydrogen) atoms. The topological polar surface area (TPSA) is 50.1 Å². The Hall–Kier alpha value is -2.31. The Balaban J connectivity index is 2.24. The van der Waals surface area contributed by atoms with Gasteiger partial charge in [-0.25, -0.2) is 0 Å². The summed E-state index contributed by atoms with van der Waals surface area (Å²) in [6.07, 6.45) is 1.03. The molecular weight excluding hydrogens is 262 g/mol. The molecule has 0 bridgehead atoms. The van der Waals surface area contributed by atoms with Gasteiger partial charge in [0.15, 0.2) is 6.29 Å². The standard InChI is InChI=1S/C15H10ClNO2/c16-14-2-1-3-15(13(14)10-18)19-12-6-4-11(5-7-12)8-9-17/h1-7,10H,8H2. The first-order valence-corrected chi connectivity index (χ1v) is 6.00. The van der Waals surface area contributed by atoms with Crippen molar-refractivity contribution in [2.75, 3.05) is 0 Å². The van der Waals surface area contributed by atoms with Crippen molar-refractivity contribution in [1.82, 2.24) is 0 Å². The predicted molar refractivity (Wildman–Crippen MR) is 72.7 cm³/mol. The summed E-state index contributed by atoms with van der Waals surface area (Å²) < 4.78 is 5.62. The Morgan fingerprint density at radius 1 is 1.21 bits per heavy atom. The molecule has 0 saturated heterocycles. The molecule has 2 aromatic carbocycles. The van der Waals surface area contributed by atoms with Crippen LogP contribution in [0.3, 0.4) is 0 Å². The van der Waals surface area contributed by atoms with Crippen molar-refractivity contribution >= 4 is 17.9 Å². The summed E-state index contributed by atoms with van der Waals surface area (Å²) in [5.74, 6) is 1.00. The molecule has 0 aromatic heterocycles. The number of nitrogens with zero attached hydrogens (tertiary/aromatic N) is 1. The van der Waals surface area contributed by atoms with Crippen LogP contribution in [-0.4, -0.2) is 6.29 Å². The van der Waals surface area contributed by atoms with E-state index in [0.717, 1.165) is 5.56 Å². The second-order valence-corrected chi connectivity index (χ2v) is 4.26. The van der Waals surface area contributed by atoms with Crippen LogP contribution in [0.1, 0.15) is 15.9 Å². The van der Waals surface area contributed by atoms with E-state index in [1.54, 1.807) is 30.3 Å². The quantitative estimate of drug-likeness (QED) is 0.790. The number of hydrogen-bond donors (Lipinski definition) is 0. The Kier molecular flexibility index (Phi) is 4.17. The summed E-state index contributed by atoms with van der Waals surface area (Å²) >= 11 is 5.91. The average molecular weight is 272 g/mol. The Morgan fingerprint density at radius 3 is 2.58 bits per heavy atom.